The van der Waals surface area contributed by atoms with Gasteiger partial charge < -0.3 is 20.5 Å². The number of pyridine rings is 1. The minimum absolute atomic E-state index is 0.0401. The van der Waals surface area contributed by atoms with Crippen molar-refractivity contribution in [2.75, 3.05) is 25.0 Å². The predicted octanol–water partition coefficient (Wildman–Crippen LogP) is 2.32. The number of amides is 2. The molecule has 1 aromatic heterocycles. The number of hydrogen-bond donors (Lipinski definition) is 3. The van der Waals surface area contributed by atoms with Crippen molar-refractivity contribution in [3.63, 3.8) is 0 Å². The van der Waals surface area contributed by atoms with E-state index in [1.54, 1.807) is 18.3 Å². The lowest BCUT2D eigenvalue weighted by Crippen LogP contribution is -2.55. The van der Waals surface area contributed by atoms with E-state index in [0.29, 0.717) is 24.7 Å². The summed E-state index contributed by atoms with van der Waals surface area (Å²) in [5.74, 6) is -0.278. The number of aromatic nitrogens is 1. The number of carboxylic acids is 1. The second kappa shape index (κ2) is 9.96. The van der Waals surface area contributed by atoms with Gasteiger partial charge in [-0.2, -0.15) is 0 Å². The lowest BCUT2D eigenvalue weighted by Gasteiger charge is -2.42. The zero-order valence-electron chi connectivity index (χ0n) is 15.4. The van der Waals surface area contributed by atoms with Gasteiger partial charge in [0, 0.05) is 18.2 Å². The Morgan fingerprint density at radius 1 is 1.35 bits per heavy atom. The van der Waals surface area contributed by atoms with Crippen molar-refractivity contribution in [2.45, 2.75) is 51.6 Å². The number of carbonyl (C=O) groups is 2. The number of hydrogen-bond acceptors (Lipinski definition) is 5. The van der Waals surface area contributed by atoms with Gasteiger partial charge in [-0.05, 0) is 31.9 Å². The first kappa shape index (κ1) is 20.0. The fourth-order valence-corrected chi connectivity index (χ4v) is 2.89. The van der Waals surface area contributed by atoms with Crippen molar-refractivity contribution in [3.05, 3.63) is 18.3 Å². The van der Waals surface area contributed by atoms with Gasteiger partial charge in [-0.1, -0.05) is 20.3 Å². The number of unbranched alkanes of at least 4 members (excludes halogenated alkanes) is 1. The molecule has 1 saturated carbocycles. The van der Waals surface area contributed by atoms with E-state index in [1.165, 1.54) is 0 Å². The Morgan fingerprint density at radius 3 is 2.69 bits per heavy atom. The van der Waals surface area contributed by atoms with Crippen molar-refractivity contribution in [1.29, 1.82) is 0 Å². The molecule has 0 bridgehead atoms. The number of aliphatic carboxylic acids is 1. The summed E-state index contributed by atoms with van der Waals surface area (Å²) in [6.45, 7) is 5.40. The van der Waals surface area contributed by atoms with Crippen LogP contribution in [-0.2, 0) is 4.79 Å². The van der Waals surface area contributed by atoms with Gasteiger partial charge in [-0.3, -0.25) is 9.69 Å². The molecule has 1 aliphatic carbocycles. The maximum Gasteiger partial charge on any atom is 0.319 e. The lowest BCUT2D eigenvalue weighted by atomic mass is 9.85. The number of rotatable bonds is 10. The quantitative estimate of drug-likeness (QED) is 0.551. The van der Waals surface area contributed by atoms with Crippen LogP contribution in [0, 0.1) is 0 Å². The van der Waals surface area contributed by atoms with Crippen LogP contribution in [0.5, 0.6) is 5.88 Å². The molecule has 2 rings (SSSR count). The number of nitrogens with zero attached hydrogens (tertiary/aromatic N) is 2. The third kappa shape index (κ3) is 6.18. The van der Waals surface area contributed by atoms with Crippen molar-refractivity contribution < 1.29 is 19.4 Å². The highest BCUT2D eigenvalue weighted by atomic mass is 16.5. The number of urea groups is 1. The standard InChI is InChI=1S/C18H28N4O4/c1-3-5-8-26-16-7-6-13(11-19-16)20-18(25)21-14-9-15(10-14)22(4-2)12-17(23)24/h6-7,11,14-15H,3-5,8-10,12H2,1-2H3,(H,23,24)(H2,20,21,25). The molecule has 0 saturated heterocycles. The molecule has 0 aromatic carbocycles. The van der Waals surface area contributed by atoms with Crippen molar-refractivity contribution in [3.8, 4) is 5.88 Å². The largest absolute Gasteiger partial charge is 0.480 e. The number of carboxylic acid groups (broad SMARTS) is 1. The highest BCUT2D eigenvalue weighted by molar-refractivity contribution is 5.89. The summed E-state index contributed by atoms with van der Waals surface area (Å²) in [6.07, 6.45) is 5.13. The van der Waals surface area contributed by atoms with Gasteiger partial charge in [0.2, 0.25) is 5.88 Å². The van der Waals surface area contributed by atoms with Crippen LogP contribution in [0.1, 0.15) is 39.5 Å². The summed E-state index contributed by atoms with van der Waals surface area (Å²) in [4.78, 5) is 29.0. The van der Waals surface area contributed by atoms with Crippen LogP contribution in [-0.4, -0.2) is 58.8 Å². The van der Waals surface area contributed by atoms with Gasteiger partial charge in [0.25, 0.3) is 0 Å². The van der Waals surface area contributed by atoms with Crippen LogP contribution in [0.4, 0.5) is 10.5 Å². The molecule has 2 amide bonds. The molecule has 1 heterocycles. The van der Waals surface area contributed by atoms with Gasteiger partial charge in [0.1, 0.15) is 0 Å². The monoisotopic (exact) mass is 364 g/mol. The lowest BCUT2D eigenvalue weighted by molar-refractivity contribution is -0.139. The summed E-state index contributed by atoms with van der Waals surface area (Å²) in [7, 11) is 0. The van der Waals surface area contributed by atoms with Gasteiger partial charge in [0.05, 0.1) is 25.0 Å². The topological polar surface area (TPSA) is 104 Å². The maximum atomic E-state index is 12.0. The van der Waals surface area contributed by atoms with Crippen LogP contribution in [0.15, 0.2) is 18.3 Å². The predicted molar refractivity (Wildman–Crippen MR) is 98.5 cm³/mol. The maximum absolute atomic E-state index is 12.0. The van der Waals surface area contributed by atoms with Gasteiger partial charge >= 0.3 is 12.0 Å². The molecule has 26 heavy (non-hydrogen) atoms. The van der Waals surface area contributed by atoms with E-state index in [4.69, 9.17) is 9.84 Å². The van der Waals surface area contributed by atoms with E-state index in [-0.39, 0.29) is 24.7 Å². The molecule has 0 unspecified atom stereocenters. The Bertz CT molecular complexity index is 587. The van der Waals surface area contributed by atoms with Crippen LogP contribution in [0.3, 0.4) is 0 Å². The minimum Gasteiger partial charge on any atom is -0.480 e. The molecule has 0 aliphatic heterocycles. The van der Waals surface area contributed by atoms with Gasteiger partial charge in [-0.25, -0.2) is 9.78 Å². The third-order valence-corrected chi connectivity index (χ3v) is 4.45. The molecule has 0 atom stereocenters. The van der Waals surface area contributed by atoms with Crippen molar-refractivity contribution in [1.82, 2.24) is 15.2 Å². The molecule has 3 N–H and O–H groups in total. The molecule has 1 fully saturated rings. The van der Waals surface area contributed by atoms with E-state index in [1.807, 2.05) is 11.8 Å². The first-order chi connectivity index (χ1) is 12.5. The smallest absolute Gasteiger partial charge is 0.319 e. The van der Waals surface area contributed by atoms with E-state index >= 15 is 0 Å². The Labute approximate surface area is 153 Å². The molecule has 0 radical (unpaired) electrons. The molecule has 0 spiro atoms. The van der Waals surface area contributed by atoms with Gasteiger partial charge in [0.15, 0.2) is 0 Å². The summed E-state index contributed by atoms with van der Waals surface area (Å²) >= 11 is 0. The SMILES string of the molecule is CCCCOc1ccc(NC(=O)NC2CC(N(CC)CC(=O)O)C2)cn1. The van der Waals surface area contributed by atoms with Crippen LogP contribution in [0.2, 0.25) is 0 Å². The molecular formula is C18H28N4O4. The van der Waals surface area contributed by atoms with E-state index in [2.05, 4.69) is 22.5 Å². The first-order valence-electron chi connectivity index (χ1n) is 9.14. The zero-order valence-corrected chi connectivity index (χ0v) is 15.4. The fourth-order valence-electron chi connectivity index (χ4n) is 2.89. The molecule has 8 nitrogen and oxygen atoms in total. The highest BCUT2D eigenvalue weighted by Gasteiger charge is 2.34. The fraction of sp³-hybridized carbons (Fsp3) is 0.611. The molecule has 144 valence electrons. The Morgan fingerprint density at radius 2 is 2.12 bits per heavy atom. The van der Waals surface area contributed by atoms with Crippen LogP contribution >= 0.6 is 0 Å². The van der Waals surface area contributed by atoms with Gasteiger partial charge in [-0.15, -0.1) is 0 Å². The number of nitrogens with one attached hydrogen (secondary N) is 2. The zero-order chi connectivity index (χ0) is 18.9. The summed E-state index contributed by atoms with van der Waals surface area (Å²) in [5.41, 5.74) is 0.599. The van der Waals surface area contributed by atoms with Crippen molar-refractivity contribution in [2.24, 2.45) is 0 Å². The first-order valence-corrected chi connectivity index (χ1v) is 9.14. The molecule has 1 aromatic rings. The summed E-state index contributed by atoms with van der Waals surface area (Å²) in [6, 6.07) is 3.48. The number of ether oxygens (including phenoxy) is 1. The third-order valence-electron chi connectivity index (χ3n) is 4.45. The minimum atomic E-state index is -0.823. The average molecular weight is 364 g/mol. The summed E-state index contributed by atoms with van der Waals surface area (Å²) in [5, 5.41) is 14.6. The van der Waals surface area contributed by atoms with Crippen LogP contribution in [0.25, 0.3) is 0 Å². The Kier molecular flexibility index (Phi) is 7.65. The van der Waals surface area contributed by atoms with Crippen LogP contribution < -0.4 is 15.4 Å². The second-order valence-electron chi connectivity index (χ2n) is 6.46. The molecule has 1 aliphatic rings. The Hall–Kier alpha value is -2.35. The Balaban J connectivity index is 1.70. The average Bonchev–Trinajstić information content (AvgIpc) is 2.57. The summed E-state index contributed by atoms with van der Waals surface area (Å²) < 4.78 is 5.48. The normalized spacial score (nSPS) is 18.9. The van der Waals surface area contributed by atoms with Crippen molar-refractivity contribution >= 4 is 17.7 Å². The van der Waals surface area contributed by atoms with E-state index < -0.39 is 5.97 Å². The van der Waals surface area contributed by atoms with E-state index in [0.717, 1.165) is 25.7 Å². The highest BCUT2D eigenvalue weighted by Crippen LogP contribution is 2.25. The molecule has 8 heteroatoms. The number of carbonyl (C=O) groups excluding carboxylic acids is 1. The molecular weight excluding hydrogens is 336 g/mol. The van der Waals surface area contributed by atoms with E-state index in [9.17, 15) is 9.59 Å². The number of likely N-dealkylation sites (N-methyl/N-ethyl adjacent to an activating group) is 1. The number of anilines is 1. The second-order valence-corrected chi connectivity index (χ2v) is 6.46.